The summed E-state index contributed by atoms with van der Waals surface area (Å²) < 4.78 is 0. The van der Waals surface area contributed by atoms with E-state index >= 15 is 0 Å². The molecule has 1 aliphatic rings. The van der Waals surface area contributed by atoms with Gasteiger partial charge in [-0.3, -0.25) is 0 Å². The van der Waals surface area contributed by atoms with Crippen LogP contribution in [0.1, 0.15) is 55.4 Å². The van der Waals surface area contributed by atoms with Crippen LogP contribution in [-0.2, 0) is 0 Å². The summed E-state index contributed by atoms with van der Waals surface area (Å²) in [7, 11) is 4.26. The van der Waals surface area contributed by atoms with E-state index < -0.39 is 0 Å². The van der Waals surface area contributed by atoms with Gasteiger partial charge in [-0.1, -0.05) is 55.4 Å². The van der Waals surface area contributed by atoms with Crippen molar-refractivity contribution < 1.29 is 0 Å². The summed E-state index contributed by atoms with van der Waals surface area (Å²) in [6.07, 6.45) is 2.34. The topological polar surface area (TPSA) is 3.24 Å². The van der Waals surface area contributed by atoms with Crippen molar-refractivity contribution in [2.45, 2.75) is 55.4 Å². The lowest BCUT2D eigenvalue weighted by Crippen LogP contribution is -2.09. The van der Waals surface area contributed by atoms with Crippen molar-refractivity contribution in [3.63, 3.8) is 0 Å². The maximum absolute atomic E-state index is 2.34. The minimum Gasteiger partial charge on any atom is -0.383 e. The lowest BCUT2D eigenvalue weighted by molar-refractivity contribution is 0.555. The molecule has 0 aromatic carbocycles. The van der Waals surface area contributed by atoms with Crippen molar-refractivity contribution in [2.75, 3.05) is 14.1 Å². The van der Waals surface area contributed by atoms with Crippen LogP contribution in [0.5, 0.6) is 0 Å². The van der Waals surface area contributed by atoms with Crippen molar-refractivity contribution in [1.82, 2.24) is 4.90 Å². The second kappa shape index (κ2) is 6.85. The van der Waals surface area contributed by atoms with Crippen LogP contribution < -0.4 is 0 Å². The second-order valence-electron chi connectivity index (χ2n) is 7.78. The average molecular weight is 290 g/mol. The highest BCUT2D eigenvalue weighted by Gasteiger charge is 2.34. The van der Waals surface area contributed by atoms with Crippen LogP contribution in [0.4, 0.5) is 0 Å². The number of nitrogens with zero attached hydrogens (tertiary/aromatic N) is 1. The number of hydrogen-bond acceptors (Lipinski definition) is 1. The Kier molecular flexibility index (Phi) is 5.90. The van der Waals surface area contributed by atoms with E-state index in [1.165, 1.54) is 5.57 Å². The van der Waals surface area contributed by atoms with Gasteiger partial charge in [-0.2, -0.15) is 0 Å². The molecule has 1 heteroatoms. The third kappa shape index (κ3) is 3.62. The van der Waals surface area contributed by atoms with E-state index in [-0.39, 0.29) is 0 Å². The van der Waals surface area contributed by atoms with E-state index in [0.717, 1.165) is 0 Å². The van der Waals surface area contributed by atoms with Gasteiger partial charge in [0.1, 0.15) is 0 Å². The first-order chi connectivity index (χ1) is 9.59. The quantitative estimate of drug-likeness (QED) is 0.631. The van der Waals surface area contributed by atoms with Gasteiger partial charge in [0, 0.05) is 20.3 Å². The summed E-state index contributed by atoms with van der Waals surface area (Å²) in [6.45, 7) is 18.7. The van der Waals surface area contributed by atoms with Crippen LogP contribution in [0.2, 0.25) is 0 Å². The molecule has 0 spiro atoms. The van der Waals surface area contributed by atoms with E-state index in [0.29, 0.717) is 23.7 Å². The molecule has 0 amide bonds. The zero-order chi connectivity index (χ0) is 16.5. The minimum atomic E-state index is 0.568. The molecule has 0 saturated heterocycles. The molecule has 0 fully saturated rings. The van der Waals surface area contributed by atoms with Crippen LogP contribution in [0.15, 0.2) is 34.1 Å². The SMILES string of the molecule is CC(C)C1=C(C(C)C)C(C(C)C)=C(C(C)C)C1=CN(C)C. The highest BCUT2D eigenvalue weighted by Crippen LogP contribution is 2.48. The minimum absolute atomic E-state index is 0.568. The first kappa shape index (κ1) is 18.1. The smallest absolute Gasteiger partial charge is 0.00646 e. The summed E-state index contributed by atoms with van der Waals surface area (Å²) in [4.78, 5) is 2.20. The van der Waals surface area contributed by atoms with Gasteiger partial charge in [0.25, 0.3) is 0 Å². The van der Waals surface area contributed by atoms with E-state index in [4.69, 9.17) is 0 Å². The molecule has 0 atom stereocenters. The van der Waals surface area contributed by atoms with Crippen molar-refractivity contribution in [3.05, 3.63) is 34.1 Å². The van der Waals surface area contributed by atoms with Gasteiger partial charge < -0.3 is 4.90 Å². The van der Waals surface area contributed by atoms with Gasteiger partial charge in [0.05, 0.1) is 0 Å². The van der Waals surface area contributed by atoms with Gasteiger partial charge >= 0.3 is 0 Å². The van der Waals surface area contributed by atoms with Gasteiger partial charge in [0.15, 0.2) is 0 Å². The Bertz CT molecular complexity index is 430. The monoisotopic (exact) mass is 289 g/mol. The highest BCUT2D eigenvalue weighted by molar-refractivity contribution is 5.65. The zero-order valence-electron chi connectivity index (χ0n) is 15.8. The summed E-state index contributed by atoms with van der Waals surface area (Å²) in [5, 5.41) is 0. The Morgan fingerprint density at radius 3 is 1.05 bits per heavy atom. The first-order valence-electron chi connectivity index (χ1n) is 8.46. The molecule has 0 saturated carbocycles. The molecule has 21 heavy (non-hydrogen) atoms. The van der Waals surface area contributed by atoms with Crippen molar-refractivity contribution in [3.8, 4) is 0 Å². The second-order valence-corrected chi connectivity index (χ2v) is 7.78. The number of hydrogen-bond donors (Lipinski definition) is 0. The van der Waals surface area contributed by atoms with E-state index in [2.05, 4.69) is 80.6 Å². The molecule has 0 N–H and O–H groups in total. The highest BCUT2D eigenvalue weighted by atomic mass is 15.0. The molecule has 1 aliphatic carbocycles. The molecule has 120 valence electrons. The molecular weight excluding hydrogens is 254 g/mol. The Hall–Kier alpha value is -0.980. The van der Waals surface area contributed by atoms with Crippen LogP contribution >= 0.6 is 0 Å². The van der Waals surface area contributed by atoms with Crippen molar-refractivity contribution in [1.29, 1.82) is 0 Å². The maximum Gasteiger partial charge on any atom is 0.00646 e. The van der Waals surface area contributed by atoms with Gasteiger partial charge in [-0.05, 0) is 51.5 Å². The van der Waals surface area contributed by atoms with Gasteiger partial charge in [-0.25, -0.2) is 0 Å². The maximum atomic E-state index is 2.34. The standard InChI is InChI=1S/C20H35N/c1-12(2)17-16(11-21(9)10)18(13(3)4)20(15(7)8)19(17)14(5)6/h11-15H,1-10H3. The lowest BCUT2D eigenvalue weighted by atomic mass is 9.84. The molecule has 0 aromatic rings. The molecule has 0 unspecified atom stereocenters. The molecule has 0 aliphatic heterocycles. The van der Waals surface area contributed by atoms with Gasteiger partial charge in [0.2, 0.25) is 0 Å². The molecule has 0 heterocycles. The summed E-state index contributed by atoms with van der Waals surface area (Å²) >= 11 is 0. The number of allylic oxidation sites excluding steroid dienone is 5. The van der Waals surface area contributed by atoms with Crippen molar-refractivity contribution >= 4 is 0 Å². The van der Waals surface area contributed by atoms with E-state index in [9.17, 15) is 0 Å². The van der Waals surface area contributed by atoms with Crippen LogP contribution in [0.25, 0.3) is 0 Å². The largest absolute Gasteiger partial charge is 0.383 e. The Labute approximate surface area is 132 Å². The number of rotatable bonds is 5. The predicted octanol–water partition coefficient (Wildman–Crippen LogP) is 5.66. The molecule has 0 aromatic heterocycles. The fraction of sp³-hybridized carbons (Fsp3) is 0.700. The van der Waals surface area contributed by atoms with E-state index in [1.54, 1.807) is 22.3 Å². The summed E-state index contributed by atoms with van der Waals surface area (Å²) in [5.41, 5.74) is 7.85. The molecule has 0 bridgehead atoms. The normalized spacial score (nSPS) is 16.4. The molecule has 0 radical (unpaired) electrons. The third-order valence-electron chi connectivity index (χ3n) is 4.15. The fourth-order valence-electron chi connectivity index (χ4n) is 3.61. The molecular formula is C20H35N. The summed E-state index contributed by atoms with van der Waals surface area (Å²) in [6, 6.07) is 0. The first-order valence-corrected chi connectivity index (χ1v) is 8.46. The van der Waals surface area contributed by atoms with Gasteiger partial charge in [-0.15, -0.1) is 0 Å². The van der Waals surface area contributed by atoms with E-state index in [1.807, 2.05) is 0 Å². The van der Waals surface area contributed by atoms with Crippen LogP contribution in [0, 0.1) is 23.7 Å². The fourth-order valence-corrected chi connectivity index (χ4v) is 3.61. The predicted molar refractivity (Wildman–Crippen MR) is 95.2 cm³/mol. The average Bonchev–Trinajstić information content (AvgIpc) is 2.63. The molecule has 1 rings (SSSR count). The Morgan fingerprint density at radius 2 is 0.857 bits per heavy atom. The zero-order valence-corrected chi connectivity index (χ0v) is 15.8. The third-order valence-corrected chi connectivity index (χ3v) is 4.15. The Morgan fingerprint density at radius 1 is 0.571 bits per heavy atom. The van der Waals surface area contributed by atoms with Crippen LogP contribution in [-0.4, -0.2) is 19.0 Å². The lowest BCUT2D eigenvalue weighted by Gasteiger charge is -2.20. The Balaban J connectivity index is 3.72. The summed E-state index contributed by atoms with van der Waals surface area (Å²) in [5.74, 6) is 2.31. The van der Waals surface area contributed by atoms with Crippen LogP contribution in [0.3, 0.4) is 0 Å². The molecule has 1 nitrogen and oxygen atoms in total. The van der Waals surface area contributed by atoms with Crippen molar-refractivity contribution in [2.24, 2.45) is 23.7 Å².